The van der Waals surface area contributed by atoms with Crippen molar-refractivity contribution in [3.05, 3.63) is 45.9 Å². The molecular weight excluding hydrogens is 370 g/mol. The van der Waals surface area contributed by atoms with E-state index in [4.69, 9.17) is 0 Å². The van der Waals surface area contributed by atoms with Crippen LogP contribution in [-0.2, 0) is 21.4 Å². The number of carbonyl (C=O) groups excluding carboxylic acids is 1. The van der Waals surface area contributed by atoms with Gasteiger partial charge in [-0.2, -0.15) is 0 Å². The zero-order chi connectivity index (χ0) is 18.7. The Kier molecular flexibility index (Phi) is 5.74. The predicted molar refractivity (Wildman–Crippen MR) is 101 cm³/mol. The van der Waals surface area contributed by atoms with Crippen LogP contribution in [-0.4, -0.2) is 25.4 Å². The van der Waals surface area contributed by atoms with Gasteiger partial charge in [-0.3, -0.25) is 4.79 Å². The van der Waals surface area contributed by atoms with E-state index in [9.17, 15) is 13.2 Å². The molecule has 1 aliphatic carbocycles. The number of hydrogen-bond donors (Lipinski definition) is 2. The molecule has 1 fully saturated rings. The second-order valence-corrected chi connectivity index (χ2v) is 9.41. The van der Waals surface area contributed by atoms with E-state index >= 15 is 0 Å². The fourth-order valence-corrected chi connectivity index (χ4v) is 5.42. The number of benzene rings is 1. The molecule has 2 atom stereocenters. The smallest absolute Gasteiger partial charge is 0.241 e. The van der Waals surface area contributed by atoms with Crippen LogP contribution in [0.3, 0.4) is 0 Å². The molecule has 6 nitrogen and oxygen atoms in total. The summed E-state index contributed by atoms with van der Waals surface area (Å²) in [6, 6.07) is 6.70. The van der Waals surface area contributed by atoms with E-state index in [2.05, 4.69) is 15.0 Å². The number of hydrogen-bond acceptors (Lipinski definition) is 5. The van der Waals surface area contributed by atoms with Crippen molar-refractivity contribution in [1.29, 1.82) is 0 Å². The van der Waals surface area contributed by atoms with E-state index in [1.54, 1.807) is 36.5 Å². The van der Waals surface area contributed by atoms with E-state index in [1.165, 1.54) is 0 Å². The summed E-state index contributed by atoms with van der Waals surface area (Å²) in [5.74, 6) is -0.201. The molecule has 1 amide bonds. The number of aromatic nitrogens is 1. The molecule has 8 heteroatoms. The Bertz CT molecular complexity index is 893. The SMILES string of the molecule is Cc1nc(CNC(=O)[C@H]2CC[C@@H](NS(=O)(=O)c3ccccc3C)C2)cs1. The number of thiazole rings is 1. The van der Waals surface area contributed by atoms with Crippen molar-refractivity contribution in [1.82, 2.24) is 15.0 Å². The summed E-state index contributed by atoms with van der Waals surface area (Å²) < 4.78 is 27.9. The number of sulfonamides is 1. The van der Waals surface area contributed by atoms with E-state index in [0.29, 0.717) is 36.3 Å². The third kappa shape index (κ3) is 4.49. The first-order valence-electron chi connectivity index (χ1n) is 8.62. The zero-order valence-electron chi connectivity index (χ0n) is 14.9. The highest BCUT2D eigenvalue weighted by Crippen LogP contribution is 2.27. The van der Waals surface area contributed by atoms with Gasteiger partial charge in [0.1, 0.15) is 0 Å². The molecule has 2 aromatic rings. The van der Waals surface area contributed by atoms with Gasteiger partial charge in [0.15, 0.2) is 0 Å². The van der Waals surface area contributed by atoms with Gasteiger partial charge in [-0.05, 0) is 44.7 Å². The number of nitrogens with one attached hydrogen (secondary N) is 2. The molecule has 1 saturated carbocycles. The van der Waals surface area contributed by atoms with E-state index < -0.39 is 10.0 Å². The lowest BCUT2D eigenvalue weighted by Crippen LogP contribution is -2.35. The second kappa shape index (κ2) is 7.85. The van der Waals surface area contributed by atoms with Crippen molar-refractivity contribution in [2.75, 3.05) is 0 Å². The monoisotopic (exact) mass is 393 g/mol. The molecule has 140 valence electrons. The number of rotatable bonds is 6. The van der Waals surface area contributed by atoms with Crippen LogP contribution in [0, 0.1) is 19.8 Å². The van der Waals surface area contributed by atoms with Crippen LogP contribution in [0.2, 0.25) is 0 Å². The Morgan fingerprint density at radius 3 is 2.73 bits per heavy atom. The van der Waals surface area contributed by atoms with Crippen molar-refractivity contribution in [3.63, 3.8) is 0 Å². The van der Waals surface area contributed by atoms with Gasteiger partial charge in [0, 0.05) is 17.3 Å². The van der Waals surface area contributed by atoms with Crippen molar-refractivity contribution in [2.45, 2.75) is 50.6 Å². The van der Waals surface area contributed by atoms with Crippen LogP contribution >= 0.6 is 11.3 Å². The van der Waals surface area contributed by atoms with Crippen molar-refractivity contribution in [2.24, 2.45) is 5.92 Å². The summed E-state index contributed by atoms with van der Waals surface area (Å²) in [7, 11) is -3.57. The van der Waals surface area contributed by atoms with Crippen molar-refractivity contribution < 1.29 is 13.2 Å². The van der Waals surface area contributed by atoms with E-state index in [0.717, 1.165) is 10.7 Å². The predicted octanol–water partition coefficient (Wildman–Crippen LogP) is 2.52. The van der Waals surface area contributed by atoms with Crippen LogP contribution in [0.4, 0.5) is 0 Å². The third-order valence-corrected chi connectivity index (χ3v) is 7.12. The quantitative estimate of drug-likeness (QED) is 0.789. The van der Waals surface area contributed by atoms with Crippen LogP contribution < -0.4 is 10.0 Å². The topological polar surface area (TPSA) is 88.2 Å². The Morgan fingerprint density at radius 1 is 1.27 bits per heavy atom. The first-order valence-corrected chi connectivity index (χ1v) is 11.0. The second-order valence-electron chi connectivity index (χ2n) is 6.67. The highest BCUT2D eigenvalue weighted by Gasteiger charge is 2.32. The number of aryl methyl sites for hydroxylation is 2. The molecule has 0 radical (unpaired) electrons. The summed E-state index contributed by atoms with van der Waals surface area (Å²) in [5.41, 5.74) is 1.57. The first kappa shape index (κ1) is 19.0. The zero-order valence-corrected chi connectivity index (χ0v) is 16.5. The minimum absolute atomic E-state index is 0.0340. The molecule has 1 aliphatic rings. The third-order valence-electron chi connectivity index (χ3n) is 4.62. The normalized spacial score (nSPS) is 20.2. The summed E-state index contributed by atoms with van der Waals surface area (Å²) in [4.78, 5) is 17.0. The van der Waals surface area contributed by atoms with Gasteiger partial charge in [-0.15, -0.1) is 11.3 Å². The lowest BCUT2D eigenvalue weighted by atomic mass is 10.1. The number of carbonyl (C=O) groups is 1. The fraction of sp³-hybridized carbons (Fsp3) is 0.444. The molecule has 0 unspecified atom stereocenters. The Balaban J connectivity index is 1.55. The molecule has 1 aromatic carbocycles. The van der Waals surface area contributed by atoms with Crippen LogP contribution in [0.25, 0.3) is 0 Å². The van der Waals surface area contributed by atoms with Gasteiger partial charge in [-0.1, -0.05) is 18.2 Å². The van der Waals surface area contributed by atoms with Crippen molar-refractivity contribution >= 4 is 27.3 Å². The van der Waals surface area contributed by atoms with Crippen LogP contribution in [0.1, 0.15) is 35.5 Å². The van der Waals surface area contributed by atoms with Gasteiger partial charge >= 0.3 is 0 Å². The summed E-state index contributed by atoms with van der Waals surface area (Å²) in [5, 5.41) is 5.81. The van der Waals surface area contributed by atoms with E-state index in [-0.39, 0.29) is 17.9 Å². The lowest BCUT2D eigenvalue weighted by molar-refractivity contribution is -0.125. The maximum Gasteiger partial charge on any atom is 0.241 e. The van der Waals surface area contributed by atoms with Gasteiger partial charge in [0.25, 0.3) is 0 Å². The maximum atomic E-state index is 12.6. The van der Waals surface area contributed by atoms with Crippen molar-refractivity contribution in [3.8, 4) is 0 Å². The molecular formula is C18H23N3O3S2. The highest BCUT2D eigenvalue weighted by atomic mass is 32.2. The molecule has 26 heavy (non-hydrogen) atoms. The van der Waals surface area contributed by atoms with Crippen LogP contribution in [0.5, 0.6) is 0 Å². The van der Waals surface area contributed by atoms with Gasteiger partial charge in [0.05, 0.1) is 22.1 Å². The molecule has 3 rings (SSSR count). The van der Waals surface area contributed by atoms with E-state index in [1.807, 2.05) is 18.4 Å². The minimum atomic E-state index is -3.57. The van der Waals surface area contributed by atoms with Gasteiger partial charge < -0.3 is 5.32 Å². The maximum absolute atomic E-state index is 12.6. The molecule has 2 N–H and O–H groups in total. The highest BCUT2D eigenvalue weighted by molar-refractivity contribution is 7.89. The average molecular weight is 394 g/mol. The largest absolute Gasteiger partial charge is 0.350 e. The molecule has 0 aliphatic heterocycles. The Labute approximate surface area is 158 Å². The standard InChI is InChI=1S/C18H23N3O3S2/c1-12-5-3-4-6-17(12)26(23,24)21-15-8-7-14(9-15)18(22)19-10-16-11-25-13(2)20-16/h3-6,11,14-15,21H,7-10H2,1-2H3,(H,19,22)/t14-,15+/m0/s1. The molecule has 0 saturated heterocycles. The lowest BCUT2D eigenvalue weighted by Gasteiger charge is -2.15. The Hall–Kier alpha value is -1.77. The van der Waals surface area contributed by atoms with Gasteiger partial charge in [-0.25, -0.2) is 18.1 Å². The summed E-state index contributed by atoms with van der Waals surface area (Å²) in [6.07, 6.45) is 1.87. The number of nitrogens with zero attached hydrogens (tertiary/aromatic N) is 1. The molecule has 0 bridgehead atoms. The van der Waals surface area contributed by atoms with Crippen LogP contribution in [0.15, 0.2) is 34.5 Å². The molecule has 0 spiro atoms. The minimum Gasteiger partial charge on any atom is -0.350 e. The molecule has 1 aromatic heterocycles. The first-order chi connectivity index (χ1) is 12.3. The summed E-state index contributed by atoms with van der Waals surface area (Å²) in [6.45, 7) is 4.12. The number of amides is 1. The molecule has 1 heterocycles. The summed E-state index contributed by atoms with van der Waals surface area (Å²) >= 11 is 1.55. The average Bonchev–Trinajstić information content (AvgIpc) is 3.21. The fourth-order valence-electron chi connectivity index (χ4n) is 3.28. The Morgan fingerprint density at radius 2 is 2.04 bits per heavy atom. The van der Waals surface area contributed by atoms with Gasteiger partial charge in [0.2, 0.25) is 15.9 Å².